The molecule has 2 nitrogen and oxygen atoms in total. The fourth-order valence-corrected chi connectivity index (χ4v) is 2.54. The maximum atomic E-state index is 14.1. The molecule has 1 saturated heterocycles. The van der Waals surface area contributed by atoms with Gasteiger partial charge in [-0.15, -0.1) is 0 Å². The highest BCUT2D eigenvalue weighted by atomic mass is 19.1. The molecule has 0 atom stereocenters. The first kappa shape index (κ1) is 13.2. The molecule has 1 aliphatic heterocycles. The van der Waals surface area contributed by atoms with Crippen molar-refractivity contribution in [2.24, 2.45) is 0 Å². The first-order valence-corrected chi connectivity index (χ1v) is 7.05. The molecule has 18 heavy (non-hydrogen) atoms. The van der Waals surface area contributed by atoms with Gasteiger partial charge in [-0.3, -0.25) is 0 Å². The Labute approximate surface area is 109 Å². The van der Waals surface area contributed by atoms with Crippen molar-refractivity contribution in [2.75, 3.05) is 23.3 Å². The molecule has 0 saturated carbocycles. The SMILES string of the molecule is CCC(CC)Nc1ccc(N2CCCC2)c(F)c1. The van der Waals surface area contributed by atoms with Gasteiger partial charge in [0.05, 0.1) is 5.69 Å². The minimum absolute atomic E-state index is 0.104. The molecule has 0 amide bonds. The number of nitrogens with one attached hydrogen (secondary N) is 1. The van der Waals surface area contributed by atoms with E-state index in [4.69, 9.17) is 0 Å². The molecule has 1 fully saturated rings. The van der Waals surface area contributed by atoms with E-state index in [1.165, 1.54) is 12.8 Å². The molecule has 3 heteroatoms. The van der Waals surface area contributed by atoms with Crippen LogP contribution in [0.1, 0.15) is 39.5 Å². The van der Waals surface area contributed by atoms with Gasteiger partial charge in [-0.1, -0.05) is 13.8 Å². The Hall–Kier alpha value is -1.25. The van der Waals surface area contributed by atoms with E-state index in [2.05, 4.69) is 24.1 Å². The lowest BCUT2D eigenvalue weighted by Crippen LogP contribution is -2.20. The first-order valence-electron chi connectivity index (χ1n) is 7.05. The van der Waals surface area contributed by atoms with Crippen LogP contribution in [0.4, 0.5) is 15.8 Å². The fraction of sp³-hybridized carbons (Fsp3) is 0.600. The fourth-order valence-electron chi connectivity index (χ4n) is 2.54. The van der Waals surface area contributed by atoms with Crippen molar-refractivity contribution in [1.82, 2.24) is 0 Å². The third-order valence-electron chi connectivity index (χ3n) is 3.75. The molecular weight excluding hydrogens is 227 g/mol. The average Bonchev–Trinajstić information content (AvgIpc) is 2.89. The van der Waals surface area contributed by atoms with Crippen LogP contribution in [0, 0.1) is 5.82 Å². The van der Waals surface area contributed by atoms with E-state index in [0.717, 1.165) is 37.3 Å². The van der Waals surface area contributed by atoms with Crippen LogP contribution in [0.2, 0.25) is 0 Å². The number of benzene rings is 1. The largest absolute Gasteiger partial charge is 0.382 e. The molecule has 0 aromatic heterocycles. The zero-order chi connectivity index (χ0) is 13.0. The van der Waals surface area contributed by atoms with Crippen LogP contribution in [0.15, 0.2) is 18.2 Å². The number of halogens is 1. The third kappa shape index (κ3) is 2.95. The van der Waals surface area contributed by atoms with E-state index < -0.39 is 0 Å². The number of nitrogens with zero attached hydrogens (tertiary/aromatic N) is 1. The van der Waals surface area contributed by atoms with Gasteiger partial charge in [-0.25, -0.2) is 4.39 Å². The summed E-state index contributed by atoms with van der Waals surface area (Å²) >= 11 is 0. The van der Waals surface area contributed by atoms with E-state index in [9.17, 15) is 4.39 Å². The van der Waals surface area contributed by atoms with Gasteiger partial charge in [-0.2, -0.15) is 0 Å². The van der Waals surface area contributed by atoms with Gasteiger partial charge < -0.3 is 10.2 Å². The molecule has 1 aliphatic rings. The number of hydrogen-bond acceptors (Lipinski definition) is 2. The second-order valence-electron chi connectivity index (χ2n) is 5.02. The third-order valence-corrected chi connectivity index (χ3v) is 3.75. The van der Waals surface area contributed by atoms with Gasteiger partial charge in [-0.05, 0) is 43.9 Å². The molecule has 0 radical (unpaired) electrons. The van der Waals surface area contributed by atoms with Crippen molar-refractivity contribution in [3.8, 4) is 0 Å². The smallest absolute Gasteiger partial charge is 0.148 e. The minimum Gasteiger partial charge on any atom is -0.382 e. The summed E-state index contributed by atoms with van der Waals surface area (Å²) in [4.78, 5) is 2.14. The number of rotatable bonds is 5. The Balaban J connectivity index is 2.09. The number of anilines is 2. The van der Waals surface area contributed by atoms with E-state index in [1.54, 1.807) is 6.07 Å². The molecule has 1 aromatic carbocycles. The molecule has 0 unspecified atom stereocenters. The van der Waals surface area contributed by atoms with Gasteiger partial charge >= 0.3 is 0 Å². The molecular formula is C15H23FN2. The maximum absolute atomic E-state index is 14.1. The summed E-state index contributed by atoms with van der Waals surface area (Å²) in [6, 6.07) is 5.97. The molecule has 0 bridgehead atoms. The van der Waals surface area contributed by atoms with Crippen LogP contribution >= 0.6 is 0 Å². The van der Waals surface area contributed by atoms with E-state index in [1.807, 2.05) is 12.1 Å². The summed E-state index contributed by atoms with van der Waals surface area (Å²) in [6.07, 6.45) is 4.47. The second kappa shape index (κ2) is 6.07. The Morgan fingerprint density at radius 3 is 2.44 bits per heavy atom. The van der Waals surface area contributed by atoms with Crippen LogP contribution in [0.5, 0.6) is 0 Å². The average molecular weight is 250 g/mol. The monoisotopic (exact) mass is 250 g/mol. The normalized spacial score (nSPS) is 15.4. The molecule has 1 aromatic rings. The minimum atomic E-state index is -0.104. The maximum Gasteiger partial charge on any atom is 0.148 e. The molecule has 2 rings (SSSR count). The van der Waals surface area contributed by atoms with Crippen LogP contribution < -0.4 is 10.2 Å². The molecule has 0 aliphatic carbocycles. The van der Waals surface area contributed by atoms with Gasteiger partial charge in [0.25, 0.3) is 0 Å². The zero-order valence-electron chi connectivity index (χ0n) is 11.4. The van der Waals surface area contributed by atoms with Crippen LogP contribution in [0.25, 0.3) is 0 Å². The lowest BCUT2D eigenvalue weighted by Gasteiger charge is -2.20. The quantitative estimate of drug-likeness (QED) is 0.849. The molecule has 1 heterocycles. The Bertz CT molecular complexity index is 382. The van der Waals surface area contributed by atoms with Crippen LogP contribution in [-0.2, 0) is 0 Å². The molecule has 1 N–H and O–H groups in total. The summed E-state index contributed by atoms with van der Waals surface area (Å²) < 4.78 is 14.1. The molecule has 100 valence electrons. The van der Waals surface area contributed by atoms with E-state index in [0.29, 0.717) is 6.04 Å². The van der Waals surface area contributed by atoms with E-state index >= 15 is 0 Å². The predicted molar refractivity (Wildman–Crippen MR) is 75.8 cm³/mol. The van der Waals surface area contributed by atoms with Crippen molar-refractivity contribution in [1.29, 1.82) is 0 Å². The van der Waals surface area contributed by atoms with Crippen molar-refractivity contribution < 1.29 is 4.39 Å². The van der Waals surface area contributed by atoms with Crippen LogP contribution in [-0.4, -0.2) is 19.1 Å². The predicted octanol–water partition coefficient (Wildman–Crippen LogP) is 4.03. The first-order chi connectivity index (χ1) is 8.74. The Morgan fingerprint density at radius 1 is 1.22 bits per heavy atom. The lowest BCUT2D eigenvalue weighted by molar-refractivity contribution is 0.621. The van der Waals surface area contributed by atoms with Crippen molar-refractivity contribution >= 4 is 11.4 Å². The van der Waals surface area contributed by atoms with Gasteiger partial charge in [0.1, 0.15) is 5.82 Å². The summed E-state index contributed by atoms with van der Waals surface area (Å²) in [5.41, 5.74) is 1.65. The summed E-state index contributed by atoms with van der Waals surface area (Å²) in [5.74, 6) is -0.104. The van der Waals surface area contributed by atoms with Crippen molar-refractivity contribution in [3.05, 3.63) is 24.0 Å². The van der Waals surface area contributed by atoms with Gasteiger partial charge in [0.2, 0.25) is 0 Å². The van der Waals surface area contributed by atoms with Gasteiger partial charge in [0.15, 0.2) is 0 Å². The Morgan fingerprint density at radius 2 is 1.89 bits per heavy atom. The zero-order valence-corrected chi connectivity index (χ0v) is 11.4. The second-order valence-corrected chi connectivity index (χ2v) is 5.02. The highest BCUT2D eigenvalue weighted by Gasteiger charge is 2.16. The summed E-state index contributed by atoms with van der Waals surface area (Å²) in [7, 11) is 0. The number of hydrogen-bond donors (Lipinski definition) is 1. The topological polar surface area (TPSA) is 15.3 Å². The highest BCUT2D eigenvalue weighted by Crippen LogP contribution is 2.26. The molecule has 0 spiro atoms. The standard InChI is InChI=1S/C15H23FN2/c1-3-12(4-2)17-13-7-8-15(14(16)11-13)18-9-5-6-10-18/h7-8,11-12,17H,3-6,9-10H2,1-2H3. The lowest BCUT2D eigenvalue weighted by atomic mass is 10.1. The Kier molecular flexibility index (Phi) is 4.45. The summed E-state index contributed by atoms with van der Waals surface area (Å²) in [6.45, 7) is 6.26. The van der Waals surface area contributed by atoms with Crippen molar-refractivity contribution in [2.45, 2.75) is 45.6 Å². The van der Waals surface area contributed by atoms with Crippen LogP contribution in [0.3, 0.4) is 0 Å². The van der Waals surface area contributed by atoms with E-state index in [-0.39, 0.29) is 5.82 Å². The van der Waals surface area contributed by atoms with Gasteiger partial charge in [0, 0.05) is 24.8 Å². The summed E-state index contributed by atoms with van der Waals surface area (Å²) in [5, 5.41) is 3.38. The highest BCUT2D eigenvalue weighted by molar-refractivity contribution is 5.57. The van der Waals surface area contributed by atoms with Crippen molar-refractivity contribution in [3.63, 3.8) is 0 Å².